The van der Waals surface area contributed by atoms with E-state index in [1.54, 1.807) is 0 Å². The fourth-order valence-corrected chi connectivity index (χ4v) is 5.85. The summed E-state index contributed by atoms with van der Waals surface area (Å²) in [5.74, 6) is -0.235. The number of carbonyl (C=O) groups is 3. The number of hydroxylamine groups is 2. The molecule has 2 heterocycles. The fraction of sp³-hybridized carbons (Fsp3) is 0.850. The van der Waals surface area contributed by atoms with Crippen LogP contribution in [0.1, 0.15) is 59.3 Å². The van der Waals surface area contributed by atoms with Gasteiger partial charge in [0.25, 0.3) is 0 Å². The lowest BCUT2D eigenvalue weighted by molar-refractivity contribution is -0.129. The molecule has 4 rings (SSSR count). The molecule has 0 radical (unpaired) electrons. The molecular formula is C20H32N4O8S. The van der Waals surface area contributed by atoms with Crippen molar-refractivity contribution in [2.45, 2.75) is 89.1 Å². The summed E-state index contributed by atoms with van der Waals surface area (Å²) >= 11 is 0. The van der Waals surface area contributed by atoms with Gasteiger partial charge in [0.1, 0.15) is 11.6 Å². The largest absolute Gasteiger partial charge is 0.444 e. The molecule has 2 saturated heterocycles. The summed E-state index contributed by atoms with van der Waals surface area (Å²) in [6.45, 7) is 5.69. The number of rotatable bonds is 6. The predicted octanol–water partition coefficient (Wildman–Crippen LogP) is 1.03. The third-order valence-electron chi connectivity index (χ3n) is 6.79. The first-order valence-electron chi connectivity index (χ1n) is 11.2. The lowest BCUT2D eigenvalue weighted by Crippen LogP contribution is -2.63. The lowest BCUT2D eigenvalue weighted by Gasteiger charge is -2.57. The number of nitrogens with zero attached hydrogens (tertiary/aromatic N) is 2. The standard InChI is InChI=1S/C20H32N4O8S/c1-19(2,3)31-17(26)22-13-9-20(10-13)7-12(8-20)21-16(25)15-6-5-14-11-23(15)18(27)24(14)32-33(28,29)30-4/h12-15H,5-11H2,1-4H3,(H,21,25)(H,22,26)/t12?,13?,14-,15+,20?/m1/s1. The van der Waals surface area contributed by atoms with Crippen molar-refractivity contribution in [3.8, 4) is 0 Å². The van der Waals surface area contributed by atoms with E-state index in [-0.39, 0.29) is 30.0 Å². The van der Waals surface area contributed by atoms with Gasteiger partial charge < -0.3 is 20.3 Å². The van der Waals surface area contributed by atoms with E-state index in [0.717, 1.165) is 37.9 Å². The number of amides is 4. The maximum Gasteiger partial charge on any atom is 0.420 e. The smallest absolute Gasteiger partial charge is 0.420 e. The minimum atomic E-state index is -4.31. The van der Waals surface area contributed by atoms with Crippen LogP contribution in [-0.4, -0.2) is 79.8 Å². The van der Waals surface area contributed by atoms with Crippen molar-refractivity contribution >= 4 is 28.4 Å². The number of alkyl carbamates (subject to hydrolysis) is 1. The van der Waals surface area contributed by atoms with Crippen molar-refractivity contribution in [2.24, 2.45) is 5.41 Å². The molecule has 186 valence electrons. The van der Waals surface area contributed by atoms with Gasteiger partial charge in [0.15, 0.2) is 0 Å². The number of ether oxygens (including phenoxy) is 1. The predicted molar refractivity (Wildman–Crippen MR) is 114 cm³/mol. The molecule has 2 bridgehead atoms. The minimum Gasteiger partial charge on any atom is -0.444 e. The third kappa shape index (κ3) is 5.04. The van der Waals surface area contributed by atoms with Gasteiger partial charge in [-0.1, -0.05) is 0 Å². The number of urea groups is 1. The van der Waals surface area contributed by atoms with Gasteiger partial charge in [0.2, 0.25) is 5.91 Å². The highest BCUT2D eigenvalue weighted by Crippen LogP contribution is 2.56. The molecule has 0 aromatic heterocycles. The van der Waals surface area contributed by atoms with E-state index >= 15 is 0 Å². The van der Waals surface area contributed by atoms with Crippen LogP contribution in [0.5, 0.6) is 0 Å². The Balaban J connectivity index is 1.22. The molecule has 4 amide bonds. The molecule has 2 saturated carbocycles. The Hall–Kier alpha value is -2.12. The number of hydrogen-bond acceptors (Lipinski definition) is 8. The van der Waals surface area contributed by atoms with Crippen molar-refractivity contribution in [3.63, 3.8) is 0 Å². The summed E-state index contributed by atoms with van der Waals surface area (Å²) in [5, 5.41) is 6.71. The second-order valence-electron chi connectivity index (χ2n) is 10.5. The average molecular weight is 489 g/mol. The summed E-state index contributed by atoms with van der Waals surface area (Å²) in [5.41, 5.74) is -0.397. The summed E-state index contributed by atoms with van der Waals surface area (Å²) in [4.78, 5) is 38.7. The Bertz CT molecular complexity index is 919. The summed E-state index contributed by atoms with van der Waals surface area (Å²) in [6, 6.07) is -1.65. The highest BCUT2D eigenvalue weighted by molar-refractivity contribution is 7.81. The van der Waals surface area contributed by atoms with Gasteiger partial charge in [-0.25, -0.2) is 9.59 Å². The van der Waals surface area contributed by atoms with Crippen LogP contribution in [0.25, 0.3) is 0 Å². The molecule has 0 aromatic carbocycles. The van der Waals surface area contributed by atoms with E-state index in [1.807, 2.05) is 20.8 Å². The second kappa shape index (κ2) is 8.27. The van der Waals surface area contributed by atoms with Gasteiger partial charge >= 0.3 is 22.5 Å². The van der Waals surface area contributed by atoms with Crippen LogP contribution in [0.3, 0.4) is 0 Å². The van der Waals surface area contributed by atoms with Gasteiger partial charge in [-0.3, -0.25) is 8.98 Å². The van der Waals surface area contributed by atoms with Crippen LogP contribution in [-0.2, 0) is 28.4 Å². The zero-order valence-corrected chi connectivity index (χ0v) is 20.1. The minimum absolute atomic E-state index is 0.0247. The Labute approximate surface area is 193 Å². The number of fused-ring (bicyclic) bond motifs is 2. The highest BCUT2D eigenvalue weighted by Gasteiger charge is 2.55. The Morgan fingerprint density at radius 3 is 2.24 bits per heavy atom. The van der Waals surface area contributed by atoms with E-state index < -0.39 is 40.2 Å². The zero-order chi connectivity index (χ0) is 24.2. The Morgan fingerprint density at radius 1 is 1.06 bits per heavy atom. The SMILES string of the molecule is COS(=O)(=O)ON1C(=O)N2C[C@H]1CC[C@H]2C(=O)NC1CC2(CC(NC(=O)OC(C)(C)C)C2)C1. The molecule has 2 aliphatic carbocycles. The number of piperidine rings is 1. The van der Waals surface area contributed by atoms with E-state index in [9.17, 15) is 22.8 Å². The van der Waals surface area contributed by atoms with Crippen LogP contribution in [0.4, 0.5) is 9.59 Å². The van der Waals surface area contributed by atoms with Gasteiger partial charge in [-0.05, 0) is 64.7 Å². The van der Waals surface area contributed by atoms with Crippen LogP contribution in [0.2, 0.25) is 0 Å². The molecule has 0 unspecified atom stereocenters. The van der Waals surface area contributed by atoms with Crippen molar-refractivity contribution in [1.29, 1.82) is 0 Å². The summed E-state index contributed by atoms with van der Waals surface area (Å²) in [6.07, 6.45) is 3.84. The summed E-state index contributed by atoms with van der Waals surface area (Å²) < 4.78 is 37.4. The molecule has 4 aliphatic rings. The lowest BCUT2D eigenvalue weighted by atomic mass is 9.52. The number of hydrogen-bond donors (Lipinski definition) is 2. The summed E-state index contributed by atoms with van der Waals surface area (Å²) in [7, 11) is -3.37. The molecular weight excluding hydrogens is 456 g/mol. The molecule has 12 nitrogen and oxygen atoms in total. The molecule has 13 heteroatoms. The maximum atomic E-state index is 12.9. The van der Waals surface area contributed by atoms with Crippen molar-refractivity contribution in [1.82, 2.24) is 20.6 Å². The fourth-order valence-electron chi connectivity index (χ4n) is 5.41. The molecule has 2 aliphatic heterocycles. The first-order chi connectivity index (χ1) is 15.3. The number of nitrogens with one attached hydrogen (secondary N) is 2. The van der Waals surface area contributed by atoms with Crippen LogP contribution in [0.15, 0.2) is 0 Å². The molecule has 0 aromatic rings. The van der Waals surface area contributed by atoms with Crippen molar-refractivity contribution < 1.29 is 36.0 Å². The molecule has 2 atom stereocenters. The molecule has 1 spiro atoms. The van der Waals surface area contributed by atoms with E-state index in [1.165, 1.54) is 4.90 Å². The first kappa shape index (κ1) is 24.0. The van der Waals surface area contributed by atoms with Gasteiger partial charge in [0.05, 0.1) is 13.2 Å². The maximum absolute atomic E-state index is 12.9. The van der Waals surface area contributed by atoms with Gasteiger partial charge in [-0.2, -0.15) is 13.5 Å². The molecule has 2 N–H and O–H groups in total. The Morgan fingerprint density at radius 2 is 1.67 bits per heavy atom. The van der Waals surface area contributed by atoms with Gasteiger partial charge in [0, 0.05) is 18.6 Å². The Kier molecular flexibility index (Phi) is 6.02. The van der Waals surface area contributed by atoms with E-state index in [4.69, 9.17) is 9.02 Å². The zero-order valence-electron chi connectivity index (χ0n) is 19.3. The van der Waals surface area contributed by atoms with Crippen molar-refractivity contribution in [2.75, 3.05) is 13.7 Å². The van der Waals surface area contributed by atoms with E-state index in [0.29, 0.717) is 12.8 Å². The highest BCUT2D eigenvalue weighted by atomic mass is 32.3. The van der Waals surface area contributed by atoms with Crippen LogP contribution >= 0.6 is 0 Å². The first-order valence-corrected chi connectivity index (χ1v) is 12.5. The van der Waals surface area contributed by atoms with Gasteiger partial charge in [-0.15, -0.1) is 4.28 Å². The normalized spacial score (nSPS) is 33.4. The van der Waals surface area contributed by atoms with Crippen LogP contribution < -0.4 is 10.6 Å². The third-order valence-corrected chi connectivity index (χ3v) is 7.54. The second-order valence-corrected chi connectivity index (χ2v) is 11.8. The quantitative estimate of drug-likeness (QED) is 0.564. The number of carbonyl (C=O) groups excluding carboxylic acids is 3. The topological polar surface area (TPSA) is 144 Å². The van der Waals surface area contributed by atoms with Crippen molar-refractivity contribution in [3.05, 3.63) is 0 Å². The molecule has 4 fully saturated rings. The van der Waals surface area contributed by atoms with E-state index in [2.05, 4.69) is 14.8 Å². The average Bonchev–Trinajstić information content (AvgIpc) is 2.87. The monoisotopic (exact) mass is 488 g/mol. The molecule has 33 heavy (non-hydrogen) atoms. The van der Waals surface area contributed by atoms with Crippen LogP contribution in [0, 0.1) is 5.41 Å².